The monoisotopic (exact) mass is 388 g/mol. The van der Waals surface area contributed by atoms with Gasteiger partial charge in [0.1, 0.15) is 17.0 Å². The zero-order valence-corrected chi connectivity index (χ0v) is 15.7. The molecule has 3 aliphatic heterocycles. The molecule has 8 nitrogen and oxygen atoms in total. The van der Waals surface area contributed by atoms with E-state index >= 15 is 0 Å². The number of likely N-dealkylation sites (tertiary alicyclic amines) is 1. The van der Waals surface area contributed by atoms with Crippen molar-refractivity contribution >= 4 is 23.2 Å². The molecule has 9 heteroatoms. The first-order valence-electron chi connectivity index (χ1n) is 9.12. The van der Waals surface area contributed by atoms with Gasteiger partial charge in [-0.2, -0.15) is 0 Å². The zero-order chi connectivity index (χ0) is 18.6. The van der Waals surface area contributed by atoms with Crippen LogP contribution in [0.4, 0.5) is 0 Å². The van der Waals surface area contributed by atoms with Crippen LogP contribution in [0.25, 0.3) is 0 Å². The number of aryl methyl sites for hydroxylation is 1. The predicted octanol–water partition coefficient (Wildman–Crippen LogP) is 1.49. The maximum atomic E-state index is 12.7. The van der Waals surface area contributed by atoms with Gasteiger partial charge in [0.2, 0.25) is 0 Å². The first kappa shape index (κ1) is 16.9. The molecule has 0 saturated carbocycles. The number of nitrogens with one attached hydrogen (secondary N) is 1. The number of amides is 2. The Bertz CT molecular complexity index is 882. The maximum Gasteiger partial charge on any atom is 0.273 e. The molecule has 5 rings (SSSR count). The molecule has 27 heavy (non-hydrogen) atoms. The Labute approximate surface area is 159 Å². The number of hydrogen-bond donors (Lipinski definition) is 1. The first-order chi connectivity index (χ1) is 13.1. The van der Waals surface area contributed by atoms with Gasteiger partial charge in [0, 0.05) is 30.3 Å². The van der Waals surface area contributed by atoms with E-state index in [1.165, 1.54) is 17.5 Å². The summed E-state index contributed by atoms with van der Waals surface area (Å²) in [5, 5.41) is 8.44. The van der Waals surface area contributed by atoms with E-state index in [0.29, 0.717) is 36.7 Å². The maximum absolute atomic E-state index is 12.7. The Morgan fingerprint density at radius 2 is 2.37 bits per heavy atom. The van der Waals surface area contributed by atoms with Crippen molar-refractivity contribution in [2.75, 3.05) is 19.6 Å². The van der Waals surface area contributed by atoms with Crippen LogP contribution in [0.15, 0.2) is 21.6 Å². The number of ether oxygens (including phenoxy) is 1. The fraction of sp³-hybridized carbons (Fsp3) is 0.556. The van der Waals surface area contributed by atoms with Crippen LogP contribution >= 0.6 is 11.3 Å². The van der Waals surface area contributed by atoms with Crippen LogP contribution in [-0.4, -0.2) is 58.2 Å². The van der Waals surface area contributed by atoms with Crippen LogP contribution in [0.5, 0.6) is 0 Å². The van der Waals surface area contributed by atoms with Crippen molar-refractivity contribution in [2.45, 2.75) is 31.5 Å². The number of thiazole rings is 1. The standard InChI is InChI=1S/C18H20N4O4S/c1-10-11(5-21-26-10)16(23)19-4-12-13-6-22(17(24)14-7-27-9-20-14)8-18(13)3-2-15(12)25-18/h5,7,9,12-13,15H,2-4,6,8H2,1H3,(H,19,23)/t12-,13+,15+,18+/m0/s1. The molecule has 0 unspecified atom stereocenters. The lowest BCUT2D eigenvalue weighted by molar-refractivity contribution is 0.00312. The summed E-state index contributed by atoms with van der Waals surface area (Å²) in [5.74, 6) is 0.738. The van der Waals surface area contributed by atoms with Crippen molar-refractivity contribution in [1.29, 1.82) is 0 Å². The highest BCUT2D eigenvalue weighted by molar-refractivity contribution is 7.07. The Balaban J connectivity index is 1.29. The SMILES string of the molecule is Cc1oncc1C(=O)NC[C@H]1[C@H]2CN(C(=O)c3cscn3)C[C@]23CC[C@H]1O3. The van der Waals surface area contributed by atoms with Gasteiger partial charge in [0.05, 0.1) is 30.0 Å². The van der Waals surface area contributed by atoms with Crippen LogP contribution in [-0.2, 0) is 4.74 Å². The molecule has 2 aromatic rings. The summed E-state index contributed by atoms with van der Waals surface area (Å²) in [6.07, 6.45) is 3.53. The lowest BCUT2D eigenvalue weighted by atomic mass is 9.73. The van der Waals surface area contributed by atoms with E-state index in [4.69, 9.17) is 9.26 Å². The van der Waals surface area contributed by atoms with Gasteiger partial charge < -0.3 is 19.5 Å². The Morgan fingerprint density at radius 3 is 3.11 bits per heavy atom. The third-order valence-electron chi connectivity index (χ3n) is 6.22. The molecule has 2 aromatic heterocycles. The van der Waals surface area contributed by atoms with Crippen molar-refractivity contribution in [2.24, 2.45) is 11.8 Å². The Hall–Kier alpha value is -2.26. The largest absolute Gasteiger partial charge is 0.369 e. The van der Waals surface area contributed by atoms with Gasteiger partial charge in [-0.1, -0.05) is 5.16 Å². The van der Waals surface area contributed by atoms with Crippen molar-refractivity contribution in [3.63, 3.8) is 0 Å². The van der Waals surface area contributed by atoms with Gasteiger partial charge in [-0.25, -0.2) is 4.98 Å². The van der Waals surface area contributed by atoms with E-state index in [1.54, 1.807) is 17.8 Å². The summed E-state index contributed by atoms with van der Waals surface area (Å²) in [4.78, 5) is 31.1. The Kier molecular flexibility index (Phi) is 3.83. The normalized spacial score (nSPS) is 31.3. The molecule has 1 spiro atoms. The number of nitrogens with zero attached hydrogens (tertiary/aromatic N) is 3. The number of carbonyl (C=O) groups is 2. The van der Waals surface area contributed by atoms with Crippen LogP contribution in [0.1, 0.15) is 39.4 Å². The minimum absolute atomic E-state index is 0.0324. The van der Waals surface area contributed by atoms with E-state index in [1.807, 2.05) is 4.90 Å². The molecule has 4 atom stereocenters. The number of rotatable bonds is 4. The molecule has 3 saturated heterocycles. The molecule has 1 N–H and O–H groups in total. The van der Waals surface area contributed by atoms with E-state index in [9.17, 15) is 9.59 Å². The molecule has 0 radical (unpaired) electrons. The molecule has 2 bridgehead atoms. The fourth-order valence-corrected chi connectivity index (χ4v) is 5.45. The summed E-state index contributed by atoms with van der Waals surface area (Å²) in [6, 6.07) is 0. The predicted molar refractivity (Wildman–Crippen MR) is 95.4 cm³/mol. The van der Waals surface area contributed by atoms with E-state index < -0.39 is 0 Å². The minimum Gasteiger partial charge on any atom is -0.369 e. The van der Waals surface area contributed by atoms with Gasteiger partial charge in [0.25, 0.3) is 11.8 Å². The molecule has 142 valence electrons. The van der Waals surface area contributed by atoms with Crippen LogP contribution in [0.2, 0.25) is 0 Å². The smallest absolute Gasteiger partial charge is 0.273 e. The molecular weight excluding hydrogens is 368 g/mol. The summed E-state index contributed by atoms with van der Waals surface area (Å²) >= 11 is 1.42. The summed E-state index contributed by atoms with van der Waals surface area (Å²) < 4.78 is 11.3. The van der Waals surface area contributed by atoms with Crippen molar-refractivity contribution < 1.29 is 18.8 Å². The van der Waals surface area contributed by atoms with E-state index in [0.717, 1.165) is 12.8 Å². The quantitative estimate of drug-likeness (QED) is 0.852. The lowest BCUT2D eigenvalue weighted by Crippen LogP contribution is -2.41. The zero-order valence-electron chi connectivity index (χ0n) is 14.9. The average molecular weight is 388 g/mol. The molecule has 3 fully saturated rings. The topological polar surface area (TPSA) is 97.6 Å². The second-order valence-electron chi connectivity index (χ2n) is 7.60. The second-order valence-corrected chi connectivity index (χ2v) is 8.31. The second kappa shape index (κ2) is 6.13. The van der Waals surface area contributed by atoms with Crippen LogP contribution in [0, 0.1) is 18.8 Å². The summed E-state index contributed by atoms with van der Waals surface area (Å²) in [6.45, 7) is 3.51. The molecular formula is C18H20N4O4S. The summed E-state index contributed by atoms with van der Waals surface area (Å²) in [7, 11) is 0. The summed E-state index contributed by atoms with van der Waals surface area (Å²) in [5.41, 5.74) is 2.37. The minimum atomic E-state index is -0.265. The fourth-order valence-electron chi connectivity index (χ4n) is 4.92. The van der Waals surface area contributed by atoms with Gasteiger partial charge in [-0.15, -0.1) is 11.3 Å². The number of fused-ring (bicyclic) bond motifs is 1. The van der Waals surface area contributed by atoms with Crippen molar-refractivity contribution in [3.8, 4) is 0 Å². The Morgan fingerprint density at radius 1 is 1.48 bits per heavy atom. The highest BCUT2D eigenvalue weighted by Gasteiger charge is 2.63. The van der Waals surface area contributed by atoms with Crippen molar-refractivity contribution in [3.05, 3.63) is 34.1 Å². The molecule has 5 heterocycles. The van der Waals surface area contributed by atoms with E-state index in [-0.39, 0.29) is 35.4 Å². The highest BCUT2D eigenvalue weighted by atomic mass is 32.1. The number of aromatic nitrogens is 2. The molecule has 0 aliphatic carbocycles. The number of carbonyl (C=O) groups excluding carboxylic acids is 2. The molecule has 0 aromatic carbocycles. The molecule has 2 amide bonds. The first-order valence-corrected chi connectivity index (χ1v) is 10.1. The van der Waals surface area contributed by atoms with Crippen LogP contribution in [0.3, 0.4) is 0 Å². The molecule has 3 aliphatic rings. The number of hydrogen-bond acceptors (Lipinski definition) is 7. The highest BCUT2D eigenvalue weighted by Crippen LogP contribution is 2.54. The van der Waals surface area contributed by atoms with Gasteiger partial charge >= 0.3 is 0 Å². The lowest BCUT2D eigenvalue weighted by Gasteiger charge is -2.29. The van der Waals surface area contributed by atoms with Crippen LogP contribution < -0.4 is 5.32 Å². The van der Waals surface area contributed by atoms with Gasteiger partial charge in [-0.3, -0.25) is 9.59 Å². The van der Waals surface area contributed by atoms with Crippen molar-refractivity contribution in [1.82, 2.24) is 20.4 Å². The van der Waals surface area contributed by atoms with Gasteiger partial charge in [0.15, 0.2) is 0 Å². The third kappa shape index (κ3) is 2.60. The average Bonchev–Trinajstić information content (AvgIpc) is 3.44. The van der Waals surface area contributed by atoms with E-state index in [2.05, 4.69) is 15.5 Å². The van der Waals surface area contributed by atoms with Gasteiger partial charge in [-0.05, 0) is 19.8 Å². The third-order valence-corrected chi connectivity index (χ3v) is 6.80.